The Balaban J connectivity index is 1.78. The number of benzene rings is 2. The van der Waals surface area contributed by atoms with Crippen molar-refractivity contribution >= 4 is 17.5 Å². The molecule has 7 heteroatoms. The summed E-state index contributed by atoms with van der Waals surface area (Å²) >= 11 is 0. The number of carbonyl (C=O) groups is 1. The van der Waals surface area contributed by atoms with Gasteiger partial charge in [0.15, 0.2) is 0 Å². The van der Waals surface area contributed by atoms with Gasteiger partial charge in [0, 0.05) is 11.4 Å². The van der Waals surface area contributed by atoms with Crippen LogP contribution in [0.2, 0.25) is 0 Å². The zero-order valence-corrected chi connectivity index (χ0v) is 16.8. The largest absolute Gasteiger partial charge is 0.508 e. The van der Waals surface area contributed by atoms with Crippen LogP contribution in [-0.2, 0) is 4.79 Å². The normalized spacial score (nSPS) is 15.7. The lowest BCUT2D eigenvalue weighted by Crippen LogP contribution is -2.31. The van der Waals surface area contributed by atoms with E-state index in [-0.39, 0.29) is 11.7 Å². The molecule has 3 N–H and O–H groups in total. The Morgan fingerprint density at radius 3 is 2.52 bits per heavy atom. The van der Waals surface area contributed by atoms with Crippen LogP contribution in [0.4, 0.5) is 11.6 Å². The molecule has 1 atom stereocenters. The Morgan fingerprint density at radius 1 is 1.10 bits per heavy atom. The van der Waals surface area contributed by atoms with Gasteiger partial charge in [-0.1, -0.05) is 29.8 Å². The van der Waals surface area contributed by atoms with Crippen LogP contribution in [0.3, 0.4) is 0 Å². The van der Waals surface area contributed by atoms with Gasteiger partial charge in [0.2, 0.25) is 5.95 Å². The number of carbonyl (C=O) groups excluding carboxylic acids is 1. The minimum atomic E-state index is -0.459. The molecule has 1 aromatic heterocycles. The predicted octanol–water partition coefficient (Wildman–Crippen LogP) is 3.84. The molecule has 0 fully saturated rings. The smallest absolute Gasteiger partial charge is 0.255 e. The van der Waals surface area contributed by atoms with Crippen LogP contribution >= 0.6 is 0 Å². The highest BCUT2D eigenvalue weighted by atomic mass is 16.3. The van der Waals surface area contributed by atoms with Gasteiger partial charge in [-0.3, -0.25) is 4.79 Å². The van der Waals surface area contributed by atoms with E-state index in [0.717, 1.165) is 22.4 Å². The molecule has 7 nitrogen and oxygen atoms in total. The molecule has 0 aliphatic carbocycles. The average molecular weight is 389 g/mol. The van der Waals surface area contributed by atoms with Gasteiger partial charge < -0.3 is 15.7 Å². The van der Waals surface area contributed by atoms with Crippen molar-refractivity contribution < 1.29 is 9.90 Å². The molecule has 3 aromatic rings. The van der Waals surface area contributed by atoms with Crippen molar-refractivity contribution in [1.82, 2.24) is 14.8 Å². The van der Waals surface area contributed by atoms with E-state index in [1.54, 1.807) is 28.9 Å². The first-order valence-corrected chi connectivity index (χ1v) is 9.42. The first-order valence-electron chi connectivity index (χ1n) is 9.42. The molecule has 0 bridgehead atoms. The fraction of sp³-hybridized carbons (Fsp3) is 0.227. The average Bonchev–Trinajstić information content (AvgIpc) is 3.03. The number of hydrogen-bond donors (Lipinski definition) is 3. The van der Waals surface area contributed by atoms with Crippen molar-refractivity contribution in [3.05, 3.63) is 76.2 Å². The summed E-state index contributed by atoms with van der Waals surface area (Å²) in [6, 6.07) is 12.3. The molecule has 1 aliphatic heterocycles. The lowest BCUT2D eigenvalue weighted by atomic mass is 9.95. The van der Waals surface area contributed by atoms with Crippen LogP contribution in [0, 0.1) is 20.8 Å². The Morgan fingerprint density at radius 2 is 1.83 bits per heavy atom. The topological polar surface area (TPSA) is 92.1 Å². The highest BCUT2D eigenvalue weighted by Crippen LogP contribution is 2.36. The first kappa shape index (κ1) is 18.7. The number of aryl methyl sites for hydroxylation is 3. The van der Waals surface area contributed by atoms with Gasteiger partial charge in [-0.15, -0.1) is 0 Å². The molecule has 2 heterocycles. The number of amides is 1. The highest BCUT2D eigenvalue weighted by molar-refractivity contribution is 6.06. The van der Waals surface area contributed by atoms with Gasteiger partial charge in [-0.05, 0) is 57.0 Å². The zero-order chi connectivity index (χ0) is 20.7. The van der Waals surface area contributed by atoms with Crippen LogP contribution in [0.5, 0.6) is 5.75 Å². The van der Waals surface area contributed by atoms with Gasteiger partial charge in [0.05, 0.1) is 5.57 Å². The Kier molecular flexibility index (Phi) is 4.58. The van der Waals surface area contributed by atoms with Crippen molar-refractivity contribution in [1.29, 1.82) is 0 Å². The number of nitrogens with zero attached hydrogens (tertiary/aromatic N) is 3. The highest BCUT2D eigenvalue weighted by Gasteiger charge is 2.34. The van der Waals surface area contributed by atoms with Crippen molar-refractivity contribution in [2.75, 3.05) is 10.6 Å². The maximum atomic E-state index is 13.4. The maximum absolute atomic E-state index is 13.4. The van der Waals surface area contributed by atoms with Crippen molar-refractivity contribution in [3.8, 4) is 5.75 Å². The summed E-state index contributed by atoms with van der Waals surface area (Å²) in [5.41, 5.74) is 5.00. The van der Waals surface area contributed by atoms with Crippen LogP contribution in [0.1, 0.15) is 35.5 Å². The standard InChI is InChI=1S/C22H23N5O2/c1-12-5-10-18(13(2)11-12)25-21(29)19-14(3)23-22-24-15(4)26-27(22)20(19)16-6-8-17(28)9-7-16/h5-11,20,28H,1-4H3,(H,25,29)(H,23,24,26)/t20-/m1/s1. The predicted molar refractivity (Wildman–Crippen MR) is 112 cm³/mol. The third-order valence-electron chi connectivity index (χ3n) is 5.04. The number of anilines is 2. The summed E-state index contributed by atoms with van der Waals surface area (Å²) in [6.45, 7) is 7.66. The molecule has 1 aliphatic rings. The van der Waals surface area contributed by atoms with Gasteiger partial charge in [0.25, 0.3) is 5.91 Å². The van der Waals surface area contributed by atoms with E-state index in [0.29, 0.717) is 23.0 Å². The summed E-state index contributed by atoms with van der Waals surface area (Å²) in [5, 5.41) is 20.4. The van der Waals surface area contributed by atoms with Gasteiger partial charge in [-0.2, -0.15) is 10.1 Å². The number of phenolic OH excluding ortho intramolecular Hbond substituents is 1. The van der Waals surface area contributed by atoms with Crippen LogP contribution in [0.25, 0.3) is 0 Å². The molecule has 0 unspecified atom stereocenters. The molecule has 0 spiro atoms. The number of rotatable bonds is 3. The molecular weight excluding hydrogens is 366 g/mol. The van der Waals surface area contributed by atoms with Crippen LogP contribution in [-0.4, -0.2) is 25.8 Å². The van der Waals surface area contributed by atoms with Crippen molar-refractivity contribution in [3.63, 3.8) is 0 Å². The number of allylic oxidation sites excluding steroid dienone is 1. The first-order chi connectivity index (χ1) is 13.8. The van der Waals surface area contributed by atoms with E-state index in [4.69, 9.17) is 0 Å². The molecular formula is C22H23N5O2. The van der Waals surface area contributed by atoms with E-state index in [1.165, 1.54) is 0 Å². The second-order valence-corrected chi connectivity index (χ2v) is 7.36. The van der Waals surface area contributed by atoms with E-state index in [9.17, 15) is 9.90 Å². The molecule has 0 saturated heterocycles. The molecule has 4 rings (SSSR count). The Labute approximate surface area is 169 Å². The minimum Gasteiger partial charge on any atom is -0.508 e. The summed E-state index contributed by atoms with van der Waals surface area (Å²) in [7, 11) is 0. The number of aromatic nitrogens is 3. The Bertz CT molecular complexity index is 1130. The van der Waals surface area contributed by atoms with E-state index in [1.807, 2.05) is 45.9 Å². The SMILES string of the molecule is CC1=C(C(=O)Nc2ccc(C)cc2C)[C@@H](c2ccc(O)cc2)n2nc(C)nc2N1. The van der Waals surface area contributed by atoms with Crippen molar-refractivity contribution in [2.45, 2.75) is 33.7 Å². The Hall–Kier alpha value is -3.61. The maximum Gasteiger partial charge on any atom is 0.255 e. The molecule has 29 heavy (non-hydrogen) atoms. The van der Waals surface area contributed by atoms with E-state index >= 15 is 0 Å². The summed E-state index contributed by atoms with van der Waals surface area (Å²) in [5.74, 6) is 1.15. The molecule has 148 valence electrons. The number of hydrogen-bond acceptors (Lipinski definition) is 5. The lowest BCUT2D eigenvalue weighted by Gasteiger charge is -2.29. The lowest BCUT2D eigenvalue weighted by molar-refractivity contribution is -0.113. The summed E-state index contributed by atoms with van der Waals surface area (Å²) < 4.78 is 1.71. The molecule has 2 aromatic carbocycles. The summed E-state index contributed by atoms with van der Waals surface area (Å²) in [6.07, 6.45) is 0. The summed E-state index contributed by atoms with van der Waals surface area (Å²) in [4.78, 5) is 17.8. The van der Waals surface area contributed by atoms with Crippen molar-refractivity contribution in [2.24, 2.45) is 0 Å². The van der Waals surface area contributed by atoms with Gasteiger partial charge in [0.1, 0.15) is 17.6 Å². The van der Waals surface area contributed by atoms with Crippen LogP contribution < -0.4 is 10.6 Å². The third kappa shape index (κ3) is 3.47. The molecule has 0 saturated carbocycles. The fourth-order valence-corrected chi connectivity index (χ4v) is 3.66. The van der Waals surface area contributed by atoms with Crippen LogP contribution in [0.15, 0.2) is 53.7 Å². The zero-order valence-electron chi connectivity index (χ0n) is 16.8. The molecule has 1 amide bonds. The van der Waals surface area contributed by atoms with E-state index in [2.05, 4.69) is 20.7 Å². The van der Waals surface area contributed by atoms with E-state index < -0.39 is 6.04 Å². The quantitative estimate of drug-likeness (QED) is 0.633. The fourth-order valence-electron chi connectivity index (χ4n) is 3.66. The molecule has 0 radical (unpaired) electrons. The van der Waals surface area contributed by atoms with Gasteiger partial charge in [-0.25, -0.2) is 4.68 Å². The number of aromatic hydroxyl groups is 1. The van der Waals surface area contributed by atoms with Gasteiger partial charge >= 0.3 is 0 Å². The third-order valence-corrected chi connectivity index (χ3v) is 5.04. The number of phenols is 1. The second-order valence-electron chi connectivity index (χ2n) is 7.36. The monoisotopic (exact) mass is 389 g/mol. The second kappa shape index (κ2) is 7.09. The number of nitrogens with one attached hydrogen (secondary N) is 2. The minimum absolute atomic E-state index is 0.166. The number of fused-ring (bicyclic) bond motifs is 1.